The molecule has 0 aromatic heterocycles. The van der Waals surface area contributed by atoms with E-state index < -0.39 is 17.6 Å². The van der Waals surface area contributed by atoms with E-state index >= 15 is 0 Å². The fourth-order valence-corrected chi connectivity index (χ4v) is 1.33. The summed E-state index contributed by atoms with van der Waals surface area (Å²) in [7, 11) is 0. The van der Waals surface area contributed by atoms with Crippen molar-refractivity contribution in [2.24, 2.45) is 0 Å². The Morgan fingerprint density at radius 1 is 1.38 bits per heavy atom. The molecule has 0 aliphatic rings. The summed E-state index contributed by atoms with van der Waals surface area (Å²) in [6, 6.07) is 3.56. The standard InChI is InChI=1S/C11H12F3NO/c1-3-15-10(16)8-5-4-7(2)9(6-8)11(12,13)14/h4-6H,3H2,1-2H3,(H,15,16). The molecule has 0 fully saturated rings. The molecule has 0 aliphatic heterocycles. The van der Waals surface area contributed by atoms with Crippen molar-refractivity contribution in [3.05, 3.63) is 34.9 Å². The Hall–Kier alpha value is -1.52. The highest BCUT2D eigenvalue weighted by Gasteiger charge is 2.32. The van der Waals surface area contributed by atoms with Gasteiger partial charge in [-0.1, -0.05) is 6.07 Å². The first-order chi connectivity index (χ1) is 7.36. The Morgan fingerprint density at radius 3 is 2.50 bits per heavy atom. The summed E-state index contributed by atoms with van der Waals surface area (Å²) in [5, 5.41) is 2.45. The molecule has 0 atom stereocenters. The Labute approximate surface area is 91.5 Å². The van der Waals surface area contributed by atoms with Gasteiger partial charge in [0.2, 0.25) is 0 Å². The van der Waals surface area contributed by atoms with Gasteiger partial charge in [0.1, 0.15) is 0 Å². The maximum absolute atomic E-state index is 12.5. The highest BCUT2D eigenvalue weighted by molar-refractivity contribution is 5.94. The number of nitrogens with one attached hydrogen (secondary N) is 1. The van der Waals surface area contributed by atoms with E-state index in [0.29, 0.717) is 6.54 Å². The first kappa shape index (κ1) is 12.5. The first-order valence-corrected chi connectivity index (χ1v) is 4.82. The van der Waals surface area contributed by atoms with Gasteiger partial charge < -0.3 is 5.32 Å². The third kappa shape index (κ3) is 2.74. The molecule has 1 N–H and O–H groups in total. The van der Waals surface area contributed by atoms with Crippen LogP contribution in [0.15, 0.2) is 18.2 Å². The zero-order valence-electron chi connectivity index (χ0n) is 8.98. The average Bonchev–Trinajstić information content (AvgIpc) is 2.16. The lowest BCUT2D eigenvalue weighted by atomic mass is 10.0. The van der Waals surface area contributed by atoms with E-state index in [2.05, 4.69) is 5.32 Å². The predicted molar refractivity (Wildman–Crippen MR) is 54.2 cm³/mol. The van der Waals surface area contributed by atoms with Crippen molar-refractivity contribution in [3.8, 4) is 0 Å². The van der Waals surface area contributed by atoms with Crippen molar-refractivity contribution >= 4 is 5.91 Å². The summed E-state index contributed by atoms with van der Waals surface area (Å²) in [4.78, 5) is 11.4. The molecule has 0 bridgehead atoms. The molecule has 0 saturated heterocycles. The van der Waals surface area contributed by atoms with Crippen LogP contribution >= 0.6 is 0 Å². The van der Waals surface area contributed by atoms with Gasteiger partial charge in [-0.25, -0.2) is 0 Å². The number of alkyl halides is 3. The lowest BCUT2D eigenvalue weighted by molar-refractivity contribution is -0.138. The summed E-state index contributed by atoms with van der Waals surface area (Å²) in [5.41, 5.74) is -0.628. The van der Waals surface area contributed by atoms with E-state index in [1.807, 2.05) is 0 Å². The second-order valence-corrected chi connectivity index (χ2v) is 3.39. The van der Waals surface area contributed by atoms with Crippen LogP contribution in [0.5, 0.6) is 0 Å². The van der Waals surface area contributed by atoms with Crippen LogP contribution in [0, 0.1) is 6.92 Å². The van der Waals surface area contributed by atoms with Crippen LogP contribution in [0.3, 0.4) is 0 Å². The molecule has 0 heterocycles. The number of rotatable bonds is 2. The van der Waals surface area contributed by atoms with Crippen molar-refractivity contribution in [3.63, 3.8) is 0 Å². The fraction of sp³-hybridized carbons (Fsp3) is 0.364. The quantitative estimate of drug-likeness (QED) is 0.833. The number of carbonyl (C=O) groups excluding carboxylic acids is 1. The third-order valence-electron chi connectivity index (χ3n) is 2.14. The molecule has 1 aromatic rings. The normalized spacial score (nSPS) is 11.3. The molecule has 2 nitrogen and oxygen atoms in total. The van der Waals surface area contributed by atoms with Gasteiger partial charge >= 0.3 is 6.18 Å². The molecule has 88 valence electrons. The minimum Gasteiger partial charge on any atom is -0.352 e. The second kappa shape index (κ2) is 4.55. The largest absolute Gasteiger partial charge is 0.416 e. The van der Waals surface area contributed by atoms with Gasteiger partial charge in [0.25, 0.3) is 5.91 Å². The van der Waals surface area contributed by atoms with E-state index in [4.69, 9.17) is 0 Å². The second-order valence-electron chi connectivity index (χ2n) is 3.39. The van der Waals surface area contributed by atoms with E-state index in [1.54, 1.807) is 6.92 Å². The number of carbonyl (C=O) groups is 1. The first-order valence-electron chi connectivity index (χ1n) is 4.82. The number of aryl methyl sites for hydroxylation is 1. The molecule has 0 unspecified atom stereocenters. The van der Waals surface area contributed by atoms with Crippen molar-refractivity contribution in [1.29, 1.82) is 0 Å². The molecular weight excluding hydrogens is 219 g/mol. The van der Waals surface area contributed by atoms with Crippen molar-refractivity contribution in [2.75, 3.05) is 6.54 Å². The van der Waals surface area contributed by atoms with E-state index in [9.17, 15) is 18.0 Å². The highest BCUT2D eigenvalue weighted by Crippen LogP contribution is 2.32. The zero-order chi connectivity index (χ0) is 12.3. The van der Waals surface area contributed by atoms with Crippen LogP contribution in [0.4, 0.5) is 13.2 Å². The highest BCUT2D eigenvalue weighted by atomic mass is 19.4. The maximum atomic E-state index is 12.5. The summed E-state index contributed by atoms with van der Waals surface area (Å²) in [6.45, 7) is 3.45. The number of hydrogen-bond acceptors (Lipinski definition) is 1. The van der Waals surface area contributed by atoms with Crippen LogP contribution < -0.4 is 5.32 Å². The lowest BCUT2D eigenvalue weighted by Gasteiger charge is -2.11. The minimum absolute atomic E-state index is 0.0276. The SMILES string of the molecule is CCNC(=O)c1ccc(C)c(C(F)(F)F)c1. The van der Waals surface area contributed by atoms with Gasteiger partial charge in [-0.05, 0) is 31.5 Å². The molecular formula is C11H12F3NO. The molecule has 0 radical (unpaired) electrons. The molecule has 16 heavy (non-hydrogen) atoms. The minimum atomic E-state index is -4.42. The number of benzene rings is 1. The molecule has 0 spiro atoms. The van der Waals surface area contributed by atoms with Crippen LogP contribution in [-0.2, 0) is 6.18 Å². The van der Waals surface area contributed by atoms with Crippen LogP contribution in [0.25, 0.3) is 0 Å². The number of halogens is 3. The van der Waals surface area contributed by atoms with Gasteiger partial charge in [-0.2, -0.15) is 13.2 Å². The van der Waals surface area contributed by atoms with Crippen LogP contribution in [-0.4, -0.2) is 12.5 Å². The lowest BCUT2D eigenvalue weighted by Crippen LogP contribution is -2.23. The van der Waals surface area contributed by atoms with Gasteiger partial charge in [0, 0.05) is 12.1 Å². The number of amides is 1. The van der Waals surface area contributed by atoms with Gasteiger partial charge in [-0.15, -0.1) is 0 Å². The summed E-state index contributed by atoms with van der Waals surface area (Å²) >= 11 is 0. The monoisotopic (exact) mass is 231 g/mol. The summed E-state index contributed by atoms with van der Waals surface area (Å²) in [5.74, 6) is -0.493. The van der Waals surface area contributed by atoms with E-state index in [0.717, 1.165) is 6.07 Å². The maximum Gasteiger partial charge on any atom is 0.416 e. The smallest absolute Gasteiger partial charge is 0.352 e. The summed E-state index contributed by atoms with van der Waals surface area (Å²) < 4.78 is 37.6. The van der Waals surface area contributed by atoms with Crippen molar-refractivity contribution in [1.82, 2.24) is 5.32 Å². The molecule has 1 aromatic carbocycles. The van der Waals surface area contributed by atoms with Crippen molar-refractivity contribution < 1.29 is 18.0 Å². The van der Waals surface area contributed by atoms with Gasteiger partial charge in [0.05, 0.1) is 5.56 Å². The number of hydrogen-bond donors (Lipinski definition) is 1. The Kier molecular flexibility index (Phi) is 3.57. The molecule has 5 heteroatoms. The van der Waals surface area contributed by atoms with Gasteiger partial charge in [0.15, 0.2) is 0 Å². The predicted octanol–water partition coefficient (Wildman–Crippen LogP) is 2.76. The average molecular weight is 231 g/mol. The molecule has 1 rings (SSSR count). The van der Waals surface area contributed by atoms with E-state index in [1.165, 1.54) is 19.1 Å². The molecule has 1 amide bonds. The van der Waals surface area contributed by atoms with E-state index in [-0.39, 0.29) is 11.1 Å². The topological polar surface area (TPSA) is 29.1 Å². The van der Waals surface area contributed by atoms with Crippen LogP contribution in [0.2, 0.25) is 0 Å². The Bertz CT molecular complexity index is 399. The van der Waals surface area contributed by atoms with Gasteiger partial charge in [-0.3, -0.25) is 4.79 Å². The zero-order valence-corrected chi connectivity index (χ0v) is 8.98. The Balaban J connectivity index is 3.13. The summed E-state index contributed by atoms with van der Waals surface area (Å²) in [6.07, 6.45) is -4.42. The Morgan fingerprint density at radius 2 is 2.00 bits per heavy atom. The molecule has 0 aliphatic carbocycles. The molecule has 0 saturated carbocycles. The third-order valence-corrected chi connectivity index (χ3v) is 2.14. The van der Waals surface area contributed by atoms with Crippen molar-refractivity contribution in [2.45, 2.75) is 20.0 Å². The van der Waals surface area contributed by atoms with Crippen LogP contribution in [0.1, 0.15) is 28.4 Å². The fourth-order valence-electron chi connectivity index (χ4n) is 1.33.